The van der Waals surface area contributed by atoms with Crippen LogP contribution >= 0.6 is 0 Å². The molecule has 2 amide bonds. The van der Waals surface area contributed by atoms with Gasteiger partial charge in [-0.15, -0.1) is 0 Å². The number of carbonyl (C=O) groups is 12. The molecule has 0 spiro atoms. The molecule has 26 heteroatoms. The molecule has 0 aliphatic carbocycles. The SMILES string of the molecule is CCCCCCCCC(CCCCCC)COC(=O)CCNC(=O)C(C(C)(C)COC(=O)CCN(C)C)C(CCC(=O)O)(CC(CCCCCC)OC(=O)CCCCCCC)C(=O)O.CCCCCCCCC(CCCCCC)COC(=O)CCNC(=O)C(OC(=O)CCCC(=O)OCC(CCCCCC)OC(=O)CCCCCCC)C(C)(C)COC(=O)CCN(C)C. The number of rotatable bonds is 86. The van der Waals surface area contributed by atoms with E-state index in [9.17, 15) is 67.7 Å². The van der Waals surface area contributed by atoms with Gasteiger partial charge >= 0.3 is 59.7 Å². The molecule has 0 aliphatic rings. The molecule has 26 nitrogen and oxygen atoms in total. The van der Waals surface area contributed by atoms with Crippen LogP contribution in [0.1, 0.15) is 443 Å². The highest BCUT2D eigenvalue weighted by atomic mass is 16.6. The maximum absolute atomic E-state index is 14.7. The predicted octanol–water partition coefficient (Wildman–Crippen LogP) is 21.8. The van der Waals surface area contributed by atoms with Crippen molar-refractivity contribution in [3.8, 4) is 0 Å². The summed E-state index contributed by atoms with van der Waals surface area (Å²) in [7, 11) is 7.32. The number of esters is 8. The van der Waals surface area contributed by atoms with Gasteiger partial charge in [0.05, 0.1) is 56.8 Å². The topological polar surface area (TPSA) is 350 Å². The van der Waals surface area contributed by atoms with Crippen molar-refractivity contribution in [1.29, 1.82) is 0 Å². The van der Waals surface area contributed by atoms with Crippen LogP contribution in [-0.4, -0.2) is 197 Å². The van der Waals surface area contributed by atoms with Gasteiger partial charge in [-0.05, 0) is 117 Å². The van der Waals surface area contributed by atoms with Crippen molar-refractivity contribution in [2.45, 2.75) is 461 Å². The highest BCUT2D eigenvalue weighted by Gasteiger charge is 2.57. The second-order valence-electron chi connectivity index (χ2n) is 38.0. The van der Waals surface area contributed by atoms with Crippen molar-refractivity contribution in [3.63, 3.8) is 0 Å². The molecule has 0 aromatic heterocycles. The molecule has 0 saturated carbocycles. The number of aliphatic carboxylic acids is 2. The minimum atomic E-state index is -2.07. The number of hydrogen-bond donors (Lipinski definition) is 4. The summed E-state index contributed by atoms with van der Waals surface area (Å²) >= 11 is 0. The normalized spacial score (nSPS) is 13.5. The van der Waals surface area contributed by atoms with Crippen molar-refractivity contribution in [2.24, 2.45) is 34.0 Å². The molecule has 0 radical (unpaired) electrons. The largest absolute Gasteiger partial charge is 0.481 e. The first-order valence-corrected chi connectivity index (χ1v) is 50.8. The Bertz CT molecular complexity index is 2910. The molecular weight excluding hydrogens is 1630 g/mol. The number of carbonyl (C=O) groups excluding carboxylic acids is 10. The van der Waals surface area contributed by atoms with E-state index < -0.39 is 119 Å². The van der Waals surface area contributed by atoms with Crippen LogP contribution in [0.15, 0.2) is 0 Å². The molecule has 0 heterocycles. The van der Waals surface area contributed by atoms with Crippen LogP contribution in [0.25, 0.3) is 0 Å². The van der Waals surface area contributed by atoms with E-state index in [4.69, 9.17) is 37.9 Å². The summed E-state index contributed by atoms with van der Waals surface area (Å²) in [5.41, 5.74) is -4.55. The smallest absolute Gasteiger partial charge is 0.310 e. The molecule has 0 aromatic carbocycles. The van der Waals surface area contributed by atoms with Crippen LogP contribution in [0, 0.1) is 34.0 Å². The van der Waals surface area contributed by atoms with Crippen LogP contribution in [0.5, 0.6) is 0 Å². The van der Waals surface area contributed by atoms with E-state index >= 15 is 0 Å². The molecule has 4 N–H and O–H groups in total. The fourth-order valence-corrected chi connectivity index (χ4v) is 15.9. The van der Waals surface area contributed by atoms with E-state index in [2.05, 4.69) is 66.0 Å². The maximum atomic E-state index is 14.7. The molecular formula is C102H188N4O22. The third-order valence-corrected chi connectivity index (χ3v) is 23.9. The Balaban J connectivity index is 0. The summed E-state index contributed by atoms with van der Waals surface area (Å²) in [4.78, 5) is 161. The number of ether oxygens (including phenoxy) is 8. The average Bonchev–Trinajstić information content (AvgIpc) is 0.754. The van der Waals surface area contributed by atoms with Gasteiger partial charge < -0.3 is 68.5 Å². The van der Waals surface area contributed by atoms with E-state index in [1.165, 1.54) is 83.5 Å². The molecule has 748 valence electrons. The standard InChI is InChI=1S/2C51H94N2O11/c1-9-13-17-21-23-25-30-42(29-24-19-15-11-3)39-60-45(55)35-37-52-50(59)49(51(5,6)41-62-46(56)36-38-53(7)8)64-48(58)34-28-33-44(54)61-40-43(31-26-20-16-12-4)63-47(57)32-27-22-18-14-10-2;1-9-13-17-21-23-25-29-41(28-24-19-15-11-3)39-62-44(56)33-36-52-48(59)47(50(5,6)40-63-45(57)34-37-53(7)8)51(49(60)61,35-32-43(54)55)38-42(30-26-20-16-12-4)64-46(58)31-27-22-18-14-10-2/h42-43,49H,9-41H2,1-8H3,(H,52,59);41-42,47H,9-40H2,1-8H3,(H,52,59)(H,54,55)(H,60,61). The van der Waals surface area contributed by atoms with Gasteiger partial charge in [0.25, 0.3) is 5.91 Å². The number of unbranched alkanes of at least 4 members (excludes halogenated alkanes) is 30. The zero-order valence-electron chi connectivity index (χ0n) is 83.9. The van der Waals surface area contributed by atoms with Crippen LogP contribution in [0.4, 0.5) is 0 Å². The molecule has 7 unspecified atom stereocenters. The summed E-state index contributed by atoms with van der Waals surface area (Å²) in [6.45, 7) is 24.6. The molecule has 0 saturated heterocycles. The lowest BCUT2D eigenvalue weighted by Gasteiger charge is -2.45. The van der Waals surface area contributed by atoms with Crippen LogP contribution in [-0.2, 0) is 95.4 Å². The maximum Gasteiger partial charge on any atom is 0.310 e. The Labute approximate surface area is 776 Å². The fourth-order valence-electron chi connectivity index (χ4n) is 15.9. The monoisotopic (exact) mass is 1820 g/mol. The molecule has 7 atom stereocenters. The summed E-state index contributed by atoms with van der Waals surface area (Å²) < 4.78 is 45.7. The summed E-state index contributed by atoms with van der Waals surface area (Å²) in [5, 5.41) is 26.8. The number of hydrogen-bond acceptors (Lipinski definition) is 22. The van der Waals surface area contributed by atoms with Gasteiger partial charge in [0.15, 0.2) is 6.10 Å². The lowest BCUT2D eigenvalue weighted by molar-refractivity contribution is -0.175. The molecule has 0 aromatic rings. The van der Waals surface area contributed by atoms with Crippen molar-refractivity contribution in [1.82, 2.24) is 20.4 Å². The Morgan fingerprint density at radius 3 is 1.00 bits per heavy atom. The van der Waals surface area contributed by atoms with Crippen molar-refractivity contribution in [3.05, 3.63) is 0 Å². The number of carboxylic acid groups (broad SMARTS) is 2. The van der Waals surface area contributed by atoms with Crippen LogP contribution < -0.4 is 10.6 Å². The van der Waals surface area contributed by atoms with Gasteiger partial charge in [-0.25, -0.2) is 0 Å². The second-order valence-corrected chi connectivity index (χ2v) is 38.0. The van der Waals surface area contributed by atoms with E-state index in [0.29, 0.717) is 64.3 Å². The van der Waals surface area contributed by atoms with Gasteiger partial charge in [0, 0.05) is 75.5 Å². The first-order chi connectivity index (χ1) is 61.2. The molecule has 0 aliphatic heterocycles. The average molecular weight is 1820 g/mol. The summed E-state index contributed by atoms with van der Waals surface area (Å²) in [6.07, 6.45) is 41.8. The van der Waals surface area contributed by atoms with Gasteiger partial charge in [0.2, 0.25) is 5.91 Å². The minimum absolute atomic E-state index is 0.0251. The fraction of sp³-hybridized carbons (Fsp3) is 0.882. The highest BCUT2D eigenvalue weighted by molar-refractivity contribution is 5.89. The zero-order valence-corrected chi connectivity index (χ0v) is 83.9. The lowest BCUT2D eigenvalue weighted by atomic mass is 9.58. The predicted molar refractivity (Wildman–Crippen MR) is 507 cm³/mol. The second kappa shape index (κ2) is 80.2. The van der Waals surface area contributed by atoms with Gasteiger partial charge in [-0.3, -0.25) is 57.5 Å². The Kier molecular flexibility index (Phi) is 77.5. The third kappa shape index (κ3) is 67.7. The Morgan fingerprint density at radius 1 is 0.305 bits per heavy atom. The first-order valence-electron chi connectivity index (χ1n) is 50.8. The number of carboxylic acids is 2. The highest BCUT2D eigenvalue weighted by Crippen LogP contribution is 2.49. The first kappa shape index (κ1) is 124. The molecule has 0 fully saturated rings. The van der Waals surface area contributed by atoms with E-state index in [1.807, 2.05) is 38.0 Å². The van der Waals surface area contributed by atoms with Gasteiger partial charge in [0.1, 0.15) is 25.4 Å². The van der Waals surface area contributed by atoms with Crippen LogP contribution in [0.3, 0.4) is 0 Å². The van der Waals surface area contributed by atoms with E-state index in [0.717, 1.165) is 173 Å². The summed E-state index contributed by atoms with van der Waals surface area (Å²) in [5.74, 6) is -8.76. The molecule has 0 rings (SSSR count). The third-order valence-electron chi connectivity index (χ3n) is 23.9. The van der Waals surface area contributed by atoms with E-state index in [-0.39, 0.29) is 103 Å². The number of nitrogens with zero attached hydrogens (tertiary/aromatic N) is 2. The summed E-state index contributed by atoms with van der Waals surface area (Å²) in [6, 6.07) is 0. The van der Waals surface area contributed by atoms with Crippen molar-refractivity contribution < 1.29 is 106 Å². The zero-order chi connectivity index (χ0) is 96.1. The van der Waals surface area contributed by atoms with E-state index in [1.54, 1.807) is 27.7 Å². The number of amides is 2. The molecule has 0 bridgehead atoms. The Hall–Kier alpha value is -6.44. The van der Waals surface area contributed by atoms with Crippen molar-refractivity contribution in [2.75, 3.05) is 87.4 Å². The van der Waals surface area contributed by atoms with Crippen molar-refractivity contribution >= 4 is 71.5 Å². The minimum Gasteiger partial charge on any atom is -0.481 e. The quantitative estimate of drug-likeness (QED) is 0.0250. The lowest BCUT2D eigenvalue weighted by Crippen LogP contribution is -2.56. The van der Waals surface area contributed by atoms with Gasteiger partial charge in [-0.1, -0.05) is 301 Å². The van der Waals surface area contributed by atoms with Gasteiger partial charge in [-0.2, -0.15) is 0 Å². The molecule has 128 heavy (non-hydrogen) atoms. The Morgan fingerprint density at radius 2 is 0.609 bits per heavy atom. The van der Waals surface area contributed by atoms with Crippen LogP contribution in [0.2, 0.25) is 0 Å². The number of nitrogens with one attached hydrogen (secondary N) is 2.